The number of furan rings is 1. The van der Waals surface area contributed by atoms with Crippen molar-refractivity contribution in [2.45, 2.75) is 24.9 Å². The van der Waals surface area contributed by atoms with Gasteiger partial charge >= 0.3 is 0 Å². The maximum atomic E-state index is 13.7. The van der Waals surface area contributed by atoms with Crippen molar-refractivity contribution in [2.24, 2.45) is 0 Å². The van der Waals surface area contributed by atoms with Crippen LogP contribution in [0.2, 0.25) is 0 Å². The second-order valence-corrected chi connectivity index (χ2v) is 9.15. The van der Waals surface area contributed by atoms with Crippen molar-refractivity contribution in [1.82, 2.24) is 24.5 Å². The number of hydrogen-bond donors (Lipinski definition) is 0. The van der Waals surface area contributed by atoms with Crippen LogP contribution in [0, 0.1) is 6.92 Å². The molecule has 2 aromatic carbocycles. The Morgan fingerprint density at radius 2 is 1.91 bits per heavy atom. The third kappa shape index (κ3) is 4.59. The van der Waals surface area contributed by atoms with Crippen molar-refractivity contribution in [2.75, 3.05) is 14.2 Å². The van der Waals surface area contributed by atoms with Crippen LogP contribution < -0.4 is 9.47 Å². The molecule has 0 aliphatic heterocycles. The number of methoxy groups -OCH3 is 2. The maximum absolute atomic E-state index is 13.7. The van der Waals surface area contributed by atoms with Gasteiger partial charge in [-0.3, -0.25) is 0 Å². The van der Waals surface area contributed by atoms with Gasteiger partial charge in [0.1, 0.15) is 12.1 Å². The molecule has 2 heterocycles. The molecule has 0 amide bonds. The molecule has 33 heavy (non-hydrogen) atoms. The predicted octanol–water partition coefficient (Wildman–Crippen LogP) is 2.97. The van der Waals surface area contributed by atoms with Gasteiger partial charge in [-0.05, 0) is 59.3 Å². The summed E-state index contributed by atoms with van der Waals surface area (Å²) in [5.74, 6) is 1.51. The molecule has 2 aromatic heterocycles. The summed E-state index contributed by atoms with van der Waals surface area (Å²) in [5.41, 5.74) is 2.06. The van der Waals surface area contributed by atoms with Crippen LogP contribution >= 0.6 is 0 Å². The molecule has 0 atom stereocenters. The molecule has 0 saturated carbocycles. The van der Waals surface area contributed by atoms with Gasteiger partial charge in [-0.2, -0.15) is 4.31 Å². The van der Waals surface area contributed by atoms with Crippen LogP contribution in [-0.2, 0) is 23.1 Å². The number of hydrogen-bond acceptors (Lipinski definition) is 8. The molecule has 0 spiro atoms. The first-order valence-corrected chi connectivity index (χ1v) is 11.4. The van der Waals surface area contributed by atoms with E-state index in [1.165, 1.54) is 41.9 Å². The van der Waals surface area contributed by atoms with Crippen molar-refractivity contribution < 1.29 is 22.3 Å². The second kappa shape index (κ2) is 9.43. The van der Waals surface area contributed by atoms with Gasteiger partial charge in [-0.15, -0.1) is 5.10 Å². The van der Waals surface area contributed by atoms with Crippen LogP contribution in [0.3, 0.4) is 0 Å². The zero-order valence-corrected chi connectivity index (χ0v) is 19.2. The molecule has 172 valence electrons. The van der Waals surface area contributed by atoms with E-state index < -0.39 is 10.0 Å². The Labute approximate surface area is 191 Å². The van der Waals surface area contributed by atoms with Gasteiger partial charge in [-0.1, -0.05) is 12.1 Å². The lowest BCUT2D eigenvalue weighted by Crippen LogP contribution is -2.30. The van der Waals surface area contributed by atoms with Crippen molar-refractivity contribution in [1.29, 1.82) is 0 Å². The van der Waals surface area contributed by atoms with E-state index in [2.05, 4.69) is 15.5 Å². The highest BCUT2D eigenvalue weighted by molar-refractivity contribution is 7.89. The molecule has 0 N–H and O–H groups in total. The van der Waals surface area contributed by atoms with Gasteiger partial charge in [0.2, 0.25) is 10.0 Å². The van der Waals surface area contributed by atoms with Crippen LogP contribution in [-0.4, -0.2) is 47.1 Å². The van der Waals surface area contributed by atoms with Crippen LogP contribution in [0.15, 0.2) is 70.4 Å². The quantitative estimate of drug-likeness (QED) is 0.368. The van der Waals surface area contributed by atoms with E-state index in [4.69, 9.17) is 13.9 Å². The van der Waals surface area contributed by atoms with E-state index in [1.54, 1.807) is 49.4 Å². The molecule has 4 rings (SSSR count). The lowest BCUT2D eigenvalue weighted by molar-refractivity contribution is 0.332. The number of ether oxygens (including phenoxy) is 2. The molecule has 0 aliphatic rings. The Bertz CT molecular complexity index is 1320. The highest BCUT2D eigenvalue weighted by Crippen LogP contribution is 2.33. The Morgan fingerprint density at radius 3 is 2.55 bits per heavy atom. The van der Waals surface area contributed by atoms with E-state index in [1.807, 2.05) is 0 Å². The minimum Gasteiger partial charge on any atom is -0.493 e. The van der Waals surface area contributed by atoms with Crippen LogP contribution in [0.5, 0.6) is 11.5 Å². The zero-order valence-electron chi connectivity index (χ0n) is 18.4. The molecule has 0 radical (unpaired) electrons. The summed E-state index contributed by atoms with van der Waals surface area (Å²) < 4.78 is 46.6. The molecule has 0 fully saturated rings. The largest absolute Gasteiger partial charge is 0.493 e. The molecule has 4 aromatic rings. The highest BCUT2D eigenvalue weighted by atomic mass is 32.2. The van der Waals surface area contributed by atoms with Gasteiger partial charge in [0.15, 0.2) is 11.5 Å². The number of nitrogens with zero attached hydrogens (tertiary/aromatic N) is 5. The summed E-state index contributed by atoms with van der Waals surface area (Å²) in [5, 5.41) is 11.1. The first-order chi connectivity index (χ1) is 15.9. The lowest BCUT2D eigenvalue weighted by atomic mass is 10.2. The normalized spacial score (nSPS) is 11.6. The van der Waals surface area contributed by atoms with Gasteiger partial charge < -0.3 is 13.9 Å². The molecular formula is C22H23N5O5S. The van der Waals surface area contributed by atoms with Crippen LogP contribution in [0.4, 0.5) is 0 Å². The molecular weight excluding hydrogens is 446 g/mol. The number of sulfonamides is 1. The van der Waals surface area contributed by atoms with E-state index >= 15 is 0 Å². The van der Waals surface area contributed by atoms with Gasteiger partial charge in [0.25, 0.3) is 0 Å². The summed E-state index contributed by atoms with van der Waals surface area (Å²) >= 11 is 0. The number of rotatable bonds is 9. The molecule has 0 aliphatic carbocycles. The minimum atomic E-state index is -3.91. The predicted molar refractivity (Wildman–Crippen MR) is 119 cm³/mol. The average molecular weight is 470 g/mol. The molecule has 0 bridgehead atoms. The maximum Gasteiger partial charge on any atom is 0.243 e. The fourth-order valence-electron chi connectivity index (χ4n) is 3.54. The third-order valence-electron chi connectivity index (χ3n) is 5.15. The first kappa shape index (κ1) is 22.5. The number of aromatic nitrogens is 4. The van der Waals surface area contributed by atoms with Gasteiger partial charge in [-0.25, -0.2) is 13.1 Å². The van der Waals surface area contributed by atoms with Crippen molar-refractivity contribution >= 4 is 10.0 Å². The van der Waals surface area contributed by atoms with Crippen molar-refractivity contribution in [3.63, 3.8) is 0 Å². The lowest BCUT2D eigenvalue weighted by Gasteiger charge is -2.23. The zero-order chi connectivity index (χ0) is 23.4. The summed E-state index contributed by atoms with van der Waals surface area (Å²) in [4.78, 5) is 0.144. The summed E-state index contributed by atoms with van der Waals surface area (Å²) in [6, 6.07) is 13.6. The first-order valence-electron chi connectivity index (χ1n) is 10.0. The SMILES string of the molecule is COc1cccc(CN(Cc2ccco2)S(=O)(=O)c2ccc(-n3cnnn3)c(C)c2)c1OC. The van der Waals surface area contributed by atoms with E-state index in [9.17, 15) is 8.42 Å². The Hall–Kier alpha value is -3.70. The summed E-state index contributed by atoms with van der Waals surface area (Å²) in [6.45, 7) is 1.90. The number of benzene rings is 2. The Morgan fingerprint density at radius 1 is 1.06 bits per heavy atom. The summed E-state index contributed by atoms with van der Waals surface area (Å²) in [7, 11) is -0.855. The minimum absolute atomic E-state index is 0.0451. The van der Waals surface area contributed by atoms with Crippen LogP contribution in [0.1, 0.15) is 16.9 Å². The molecule has 10 nitrogen and oxygen atoms in total. The second-order valence-electron chi connectivity index (χ2n) is 7.21. The van der Waals surface area contributed by atoms with E-state index in [0.717, 1.165) is 0 Å². The topological polar surface area (TPSA) is 113 Å². The van der Waals surface area contributed by atoms with E-state index in [-0.39, 0.29) is 18.0 Å². The molecule has 0 unspecified atom stereocenters. The Kier molecular flexibility index (Phi) is 6.43. The van der Waals surface area contributed by atoms with Crippen molar-refractivity contribution in [3.8, 4) is 17.2 Å². The number of tetrazole rings is 1. The Balaban J connectivity index is 1.73. The number of aryl methyl sites for hydroxylation is 1. The third-order valence-corrected chi connectivity index (χ3v) is 6.93. The summed E-state index contributed by atoms with van der Waals surface area (Å²) in [6.07, 6.45) is 2.96. The van der Waals surface area contributed by atoms with Gasteiger partial charge in [0, 0.05) is 12.1 Å². The van der Waals surface area contributed by atoms with Gasteiger partial charge in [0.05, 0.1) is 37.6 Å². The van der Waals surface area contributed by atoms with Crippen molar-refractivity contribution in [3.05, 3.63) is 78.0 Å². The highest BCUT2D eigenvalue weighted by Gasteiger charge is 2.28. The molecule has 11 heteroatoms. The van der Waals surface area contributed by atoms with Crippen LogP contribution in [0.25, 0.3) is 5.69 Å². The monoisotopic (exact) mass is 469 g/mol. The fourth-order valence-corrected chi connectivity index (χ4v) is 5.01. The standard InChI is InChI=1S/C22H23N5O5S/c1-16-12-19(9-10-20(16)27-15-23-24-25-27)33(28,29)26(14-18-7-5-11-32-18)13-17-6-4-8-21(30-2)22(17)31-3/h4-12,15H,13-14H2,1-3H3. The number of para-hydroxylation sites is 1. The molecule has 0 saturated heterocycles. The average Bonchev–Trinajstić information content (AvgIpc) is 3.53. The fraction of sp³-hybridized carbons (Fsp3) is 0.227. The smallest absolute Gasteiger partial charge is 0.243 e. The van der Waals surface area contributed by atoms with E-state index in [0.29, 0.717) is 34.1 Å².